The van der Waals surface area contributed by atoms with Gasteiger partial charge in [-0.05, 0) is 12.1 Å². The van der Waals surface area contributed by atoms with Crippen molar-refractivity contribution in [3.8, 4) is 0 Å². The van der Waals surface area contributed by atoms with E-state index in [1.165, 1.54) is 0 Å². The number of halogens is 1. The lowest BCUT2D eigenvalue weighted by molar-refractivity contribution is 0.0954. The van der Waals surface area contributed by atoms with Crippen molar-refractivity contribution in [2.75, 3.05) is 6.54 Å². The maximum Gasteiger partial charge on any atom is 0.251 e. The molecule has 0 unspecified atom stereocenters. The fourth-order valence-corrected chi connectivity index (χ4v) is 2.58. The van der Waals surface area contributed by atoms with Crippen molar-refractivity contribution in [1.82, 2.24) is 15.3 Å². The van der Waals surface area contributed by atoms with E-state index in [4.69, 9.17) is 11.6 Å². The van der Waals surface area contributed by atoms with Gasteiger partial charge < -0.3 is 5.32 Å². The van der Waals surface area contributed by atoms with Crippen molar-refractivity contribution in [2.45, 2.75) is 32.6 Å². The molecule has 2 aromatic rings. The minimum atomic E-state index is -0.152. The number of thiazole rings is 1. The number of hydrogen-bond acceptors (Lipinski definition) is 4. The predicted molar refractivity (Wildman–Crippen MR) is 86.1 cm³/mol. The Labute approximate surface area is 133 Å². The van der Waals surface area contributed by atoms with Crippen LogP contribution in [0.1, 0.15) is 42.5 Å². The van der Waals surface area contributed by atoms with Gasteiger partial charge in [0, 0.05) is 35.0 Å². The van der Waals surface area contributed by atoms with Crippen LogP contribution in [0.4, 0.5) is 0 Å². The van der Waals surface area contributed by atoms with Gasteiger partial charge in [-0.15, -0.1) is 11.3 Å². The molecule has 0 aromatic carbocycles. The van der Waals surface area contributed by atoms with E-state index in [9.17, 15) is 4.79 Å². The Morgan fingerprint density at radius 3 is 2.76 bits per heavy atom. The number of hydrogen-bond donors (Lipinski definition) is 1. The summed E-state index contributed by atoms with van der Waals surface area (Å²) in [4.78, 5) is 20.7. The molecule has 112 valence electrons. The first-order chi connectivity index (χ1) is 9.86. The summed E-state index contributed by atoms with van der Waals surface area (Å²) in [6.45, 7) is 6.66. The van der Waals surface area contributed by atoms with Gasteiger partial charge in [0.2, 0.25) is 0 Å². The van der Waals surface area contributed by atoms with Crippen LogP contribution in [0.15, 0.2) is 23.0 Å². The van der Waals surface area contributed by atoms with E-state index in [1.807, 2.05) is 26.2 Å². The first-order valence-corrected chi connectivity index (χ1v) is 8.01. The van der Waals surface area contributed by atoms with Gasteiger partial charge in [0.1, 0.15) is 5.15 Å². The molecular weight excluding hydrogens is 306 g/mol. The monoisotopic (exact) mass is 323 g/mol. The Kier molecular flexibility index (Phi) is 4.96. The molecule has 1 amide bonds. The molecule has 2 heterocycles. The van der Waals surface area contributed by atoms with Crippen molar-refractivity contribution >= 4 is 28.8 Å². The van der Waals surface area contributed by atoms with E-state index < -0.39 is 0 Å². The van der Waals surface area contributed by atoms with Crippen LogP contribution in [-0.2, 0) is 11.8 Å². The van der Waals surface area contributed by atoms with Crippen molar-refractivity contribution in [1.29, 1.82) is 0 Å². The fraction of sp³-hybridized carbons (Fsp3) is 0.400. The highest BCUT2D eigenvalue weighted by atomic mass is 35.5. The first kappa shape index (κ1) is 15.9. The van der Waals surface area contributed by atoms with Crippen LogP contribution in [0.25, 0.3) is 0 Å². The molecule has 0 aliphatic carbocycles. The Morgan fingerprint density at radius 1 is 1.38 bits per heavy atom. The number of carbonyl (C=O) groups excluding carboxylic acids is 1. The smallest absolute Gasteiger partial charge is 0.251 e. The summed E-state index contributed by atoms with van der Waals surface area (Å²) >= 11 is 7.57. The quantitative estimate of drug-likeness (QED) is 0.877. The third-order valence-electron chi connectivity index (χ3n) is 2.97. The molecule has 6 heteroatoms. The second kappa shape index (κ2) is 6.54. The highest BCUT2D eigenvalue weighted by molar-refractivity contribution is 7.07. The van der Waals surface area contributed by atoms with Gasteiger partial charge in [-0.2, -0.15) is 0 Å². The minimum absolute atomic E-state index is 0.139. The standard InChI is InChI=1S/C15H18ClN3OS/c1-15(2,3)12-6-10(7-13(16)19-12)14(20)17-5-4-11-8-21-9-18-11/h6-9H,4-5H2,1-3H3,(H,17,20). The zero-order chi connectivity index (χ0) is 15.5. The summed E-state index contributed by atoms with van der Waals surface area (Å²) in [6, 6.07) is 3.39. The molecule has 0 fully saturated rings. The summed E-state index contributed by atoms with van der Waals surface area (Å²) in [7, 11) is 0. The molecule has 1 N–H and O–H groups in total. The van der Waals surface area contributed by atoms with Crippen LogP contribution >= 0.6 is 22.9 Å². The van der Waals surface area contributed by atoms with E-state index in [2.05, 4.69) is 15.3 Å². The zero-order valence-electron chi connectivity index (χ0n) is 12.3. The van der Waals surface area contributed by atoms with Gasteiger partial charge in [-0.25, -0.2) is 9.97 Å². The third kappa shape index (κ3) is 4.51. The van der Waals surface area contributed by atoms with Gasteiger partial charge in [0.05, 0.1) is 11.2 Å². The SMILES string of the molecule is CC(C)(C)c1cc(C(=O)NCCc2cscn2)cc(Cl)n1. The topological polar surface area (TPSA) is 54.9 Å². The highest BCUT2D eigenvalue weighted by Gasteiger charge is 2.18. The maximum atomic E-state index is 12.2. The molecule has 0 spiro atoms. The van der Waals surface area contributed by atoms with E-state index in [0.717, 1.165) is 17.8 Å². The maximum absolute atomic E-state index is 12.2. The predicted octanol–water partition coefficient (Wildman–Crippen LogP) is 3.46. The molecule has 2 rings (SSSR count). The number of rotatable bonds is 4. The second-order valence-corrected chi connectivity index (χ2v) is 6.91. The van der Waals surface area contributed by atoms with Crippen LogP contribution in [0.5, 0.6) is 0 Å². The zero-order valence-corrected chi connectivity index (χ0v) is 13.9. The molecule has 2 aromatic heterocycles. The molecule has 0 saturated carbocycles. The molecule has 4 nitrogen and oxygen atoms in total. The van der Waals surface area contributed by atoms with Crippen molar-refractivity contribution in [2.24, 2.45) is 0 Å². The summed E-state index contributed by atoms with van der Waals surface area (Å²) < 4.78 is 0. The number of amides is 1. The molecule has 0 radical (unpaired) electrons. The van der Waals surface area contributed by atoms with Crippen molar-refractivity contribution in [3.63, 3.8) is 0 Å². The Bertz CT molecular complexity index is 620. The average Bonchev–Trinajstić information content (AvgIpc) is 2.90. The molecule has 0 aliphatic rings. The number of carbonyl (C=O) groups is 1. The van der Waals surface area contributed by atoms with Crippen LogP contribution < -0.4 is 5.32 Å². The van der Waals surface area contributed by atoms with E-state index in [0.29, 0.717) is 17.3 Å². The molecule has 0 atom stereocenters. The van der Waals surface area contributed by atoms with Gasteiger partial charge in [-0.3, -0.25) is 4.79 Å². The first-order valence-electron chi connectivity index (χ1n) is 6.69. The van der Waals surface area contributed by atoms with Gasteiger partial charge in [-0.1, -0.05) is 32.4 Å². The lowest BCUT2D eigenvalue weighted by atomic mass is 9.91. The molecule has 0 aliphatic heterocycles. The summed E-state index contributed by atoms with van der Waals surface area (Å²) in [5.74, 6) is -0.139. The van der Waals surface area contributed by atoms with Gasteiger partial charge in [0.25, 0.3) is 5.91 Å². The summed E-state index contributed by atoms with van der Waals surface area (Å²) in [6.07, 6.45) is 0.722. The summed E-state index contributed by atoms with van der Waals surface area (Å²) in [5, 5.41) is 5.20. The summed E-state index contributed by atoms with van der Waals surface area (Å²) in [5.41, 5.74) is 3.97. The fourth-order valence-electron chi connectivity index (χ4n) is 1.78. The molecule has 0 bridgehead atoms. The minimum Gasteiger partial charge on any atom is -0.352 e. The number of aromatic nitrogens is 2. The molecule has 0 saturated heterocycles. The van der Waals surface area contributed by atoms with Crippen molar-refractivity contribution < 1.29 is 4.79 Å². The number of nitrogens with one attached hydrogen (secondary N) is 1. The Hall–Kier alpha value is -1.46. The number of nitrogens with zero attached hydrogens (tertiary/aromatic N) is 2. The normalized spacial score (nSPS) is 11.4. The molecular formula is C15H18ClN3OS. The van der Waals surface area contributed by atoms with E-state index >= 15 is 0 Å². The Morgan fingerprint density at radius 2 is 2.14 bits per heavy atom. The lowest BCUT2D eigenvalue weighted by Crippen LogP contribution is -2.26. The Balaban J connectivity index is 2.03. The van der Waals surface area contributed by atoms with E-state index in [-0.39, 0.29) is 11.3 Å². The van der Waals surface area contributed by atoms with Crippen molar-refractivity contribution in [3.05, 3.63) is 45.1 Å². The van der Waals surface area contributed by atoms with Gasteiger partial charge >= 0.3 is 0 Å². The number of pyridine rings is 1. The van der Waals surface area contributed by atoms with Crippen LogP contribution in [0.3, 0.4) is 0 Å². The van der Waals surface area contributed by atoms with Crippen LogP contribution in [-0.4, -0.2) is 22.4 Å². The second-order valence-electron chi connectivity index (χ2n) is 5.80. The molecule has 21 heavy (non-hydrogen) atoms. The lowest BCUT2D eigenvalue weighted by Gasteiger charge is -2.18. The van der Waals surface area contributed by atoms with Gasteiger partial charge in [0.15, 0.2) is 0 Å². The largest absolute Gasteiger partial charge is 0.352 e. The highest BCUT2D eigenvalue weighted by Crippen LogP contribution is 2.23. The average molecular weight is 324 g/mol. The van der Waals surface area contributed by atoms with E-state index in [1.54, 1.807) is 29.0 Å². The van der Waals surface area contributed by atoms with Crippen LogP contribution in [0.2, 0.25) is 5.15 Å². The van der Waals surface area contributed by atoms with Crippen LogP contribution in [0, 0.1) is 0 Å². The third-order valence-corrected chi connectivity index (χ3v) is 3.80.